The van der Waals surface area contributed by atoms with Gasteiger partial charge in [0.1, 0.15) is 16.9 Å². The van der Waals surface area contributed by atoms with Crippen LogP contribution in [0.1, 0.15) is 37.7 Å². The zero-order valence-electron chi connectivity index (χ0n) is 14.7. The van der Waals surface area contributed by atoms with E-state index in [4.69, 9.17) is 4.42 Å². The maximum atomic E-state index is 12.8. The van der Waals surface area contributed by atoms with Crippen LogP contribution in [0.4, 0.5) is 0 Å². The van der Waals surface area contributed by atoms with Crippen LogP contribution in [0.3, 0.4) is 0 Å². The second-order valence-electron chi connectivity index (χ2n) is 7.96. The molecule has 1 aromatic heterocycles. The molecule has 6 nitrogen and oxygen atoms in total. The molecule has 0 aromatic carbocycles. The van der Waals surface area contributed by atoms with Crippen LogP contribution < -0.4 is 0 Å². The van der Waals surface area contributed by atoms with E-state index in [0.717, 1.165) is 30.9 Å². The average Bonchev–Trinajstić information content (AvgIpc) is 3.05. The molecule has 1 N–H and O–H groups in total. The SMILES string of the molecule is CCCc1ccc(CN2C[C@H]3C(=O)N(CC4CC4)C[C@@]3(C(=O)O)C2)o1. The smallest absolute Gasteiger partial charge is 0.313 e. The average molecular weight is 346 g/mol. The van der Waals surface area contributed by atoms with Crippen molar-refractivity contribution in [2.45, 2.75) is 39.2 Å². The second kappa shape index (κ2) is 6.16. The van der Waals surface area contributed by atoms with Gasteiger partial charge in [-0.1, -0.05) is 6.92 Å². The Morgan fingerprint density at radius 2 is 2.08 bits per heavy atom. The number of aryl methyl sites for hydroxylation is 1. The molecule has 0 spiro atoms. The van der Waals surface area contributed by atoms with Crippen LogP contribution in [0.25, 0.3) is 0 Å². The van der Waals surface area contributed by atoms with E-state index < -0.39 is 17.3 Å². The van der Waals surface area contributed by atoms with E-state index in [0.29, 0.717) is 32.1 Å². The minimum atomic E-state index is -0.954. The molecule has 0 bridgehead atoms. The van der Waals surface area contributed by atoms with E-state index >= 15 is 0 Å². The number of likely N-dealkylation sites (tertiary alicyclic amines) is 2. The first-order chi connectivity index (χ1) is 12.0. The number of furan rings is 1. The number of rotatable bonds is 7. The molecule has 0 radical (unpaired) electrons. The summed E-state index contributed by atoms with van der Waals surface area (Å²) in [4.78, 5) is 28.7. The Bertz CT molecular complexity index is 681. The number of amides is 1. The fourth-order valence-electron chi connectivity index (χ4n) is 4.40. The molecule has 1 saturated carbocycles. The third kappa shape index (κ3) is 2.97. The Hall–Kier alpha value is -1.82. The molecule has 25 heavy (non-hydrogen) atoms. The lowest BCUT2D eigenvalue weighted by molar-refractivity contribution is -0.149. The van der Waals surface area contributed by atoms with Gasteiger partial charge in [-0.05, 0) is 37.3 Å². The summed E-state index contributed by atoms with van der Waals surface area (Å²) >= 11 is 0. The topological polar surface area (TPSA) is 74.0 Å². The summed E-state index contributed by atoms with van der Waals surface area (Å²) in [5.74, 6) is 1.18. The summed E-state index contributed by atoms with van der Waals surface area (Å²) in [6.07, 6.45) is 4.28. The Labute approximate surface area is 147 Å². The number of carbonyl (C=O) groups excluding carboxylic acids is 1. The molecule has 2 aliphatic heterocycles. The third-order valence-electron chi connectivity index (χ3n) is 5.89. The van der Waals surface area contributed by atoms with Crippen LogP contribution in [-0.4, -0.2) is 53.0 Å². The van der Waals surface area contributed by atoms with Gasteiger partial charge in [-0.25, -0.2) is 0 Å². The number of hydrogen-bond acceptors (Lipinski definition) is 4. The van der Waals surface area contributed by atoms with Crippen LogP contribution in [0.5, 0.6) is 0 Å². The molecule has 2 saturated heterocycles. The molecular formula is C19H26N2O4. The van der Waals surface area contributed by atoms with Crippen LogP contribution in [0.15, 0.2) is 16.5 Å². The summed E-state index contributed by atoms with van der Waals surface area (Å²) < 4.78 is 5.83. The van der Waals surface area contributed by atoms with E-state index in [9.17, 15) is 14.7 Å². The molecular weight excluding hydrogens is 320 g/mol. The van der Waals surface area contributed by atoms with Gasteiger partial charge in [-0.3, -0.25) is 14.5 Å². The van der Waals surface area contributed by atoms with E-state index in [1.807, 2.05) is 12.1 Å². The maximum Gasteiger partial charge on any atom is 0.313 e. The fourth-order valence-corrected chi connectivity index (χ4v) is 4.40. The van der Waals surface area contributed by atoms with Crippen LogP contribution in [0.2, 0.25) is 0 Å². The van der Waals surface area contributed by atoms with Gasteiger partial charge in [0.25, 0.3) is 0 Å². The first-order valence-electron chi connectivity index (χ1n) is 9.34. The zero-order valence-corrected chi connectivity index (χ0v) is 14.7. The largest absolute Gasteiger partial charge is 0.481 e. The van der Waals surface area contributed by atoms with Crippen molar-refractivity contribution in [3.05, 3.63) is 23.7 Å². The lowest BCUT2D eigenvalue weighted by Gasteiger charge is -2.25. The van der Waals surface area contributed by atoms with Crippen molar-refractivity contribution in [2.24, 2.45) is 17.3 Å². The van der Waals surface area contributed by atoms with Gasteiger partial charge in [0.15, 0.2) is 0 Å². The fraction of sp³-hybridized carbons (Fsp3) is 0.684. The highest BCUT2D eigenvalue weighted by atomic mass is 16.4. The highest BCUT2D eigenvalue weighted by molar-refractivity contribution is 5.92. The third-order valence-corrected chi connectivity index (χ3v) is 5.89. The monoisotopic (exact) mass is 346 g/mol. The van der Waals surface area contributed by atoms with Crippen molar-refractivity contribution in [3.63, 3.8) is 0 Å². The van der Waals surface area contributed by atoms with E-state index in [2.05, 4.69) is 11.8 Å². The summed E-state index contributed by atoms with van der Waals surface area (Å²) in [5.41, 5.74) is -0.954. The van der Waals surface area contributed by atoms with Gasteiger partial charge in [0, 0.05) is 32.6 Å². The Morgan fingerprint density at radius 1 is 1.32 bits per heavy atom. The standard InChI is InChI=1S/C19H26N2O4/c1-2-3-14-6-7-15(25-14)9-20-10-16-17(22)21(8-13-4-5-13)12-19(16,11-20)18(23)24/h6-7,13,16H,2-5,8-12H2,1H3,(H,23,24)/t16-,19-/m0/s1. The number of carboxylic acids is 1. The summed E-state index contributed by atoms with van der Waals surface area (Å²) in [7, 11) is 0. The number of nitrogens with zero attached hydrogens (tertiary/aromatic N) is 2. The molecule has 3 heterocycles. The second-order valence-corrected chi connectivity index (χ2v) is 7.96. The van der Waals surface area contributed by atoms with Gasteiger partial charge in [0.05, 0.1) is 12.5 Å². The predicted molar refractivity (Wildman–Crippen MR) is 90.8 cm³/mol. The molecule has 3 aliphatic rings. The zero-order chi connectivity index (χ0) is 17.6. The van der Waals surface area contributed by atoms with Crippen molar-refractivity contribution in [1.82, 2.24) is 9.80 Å². The summed E-state index contributed by atoms with van der Waals surface area (Å²) in [6.45, 7) is 4.71. The number of carboxylic acid groups (broad SMARTS) is 1. The van der Waals surface area contributed by atoms with Crippen molar-refractivity contribution in [1.29, 1.82) is 0 Å². The molecule has 1 amide bonds. The van der Waals surface area contributed by atoms with Crippen molar-refractivity contribution < 1.29 is 19.1 Å². The lowest BCUT2D eigenvalue weighted by atomic mass is 9.81. The molecule has 4 rings (SSSR count). The van der Waals surface area contributed by atoms with E-state index in [1.54, 1.807) is 4.90 Å². The van der Waals surface area contributed by atoms with Crippen LogP contribution >= 0.6 is 0 Å². The lowest BCUT2D eigenvalue weighted by Crippen LogP contribution is -2.41. The maximum absolute atomic E-state index is 12.8. The van der Waals surface area contributed by atoms with Crippen LogP contribution in [-0.2, 0) is 22.6 Å². The molecule has 1 aromatic rings. The normalized spacial score (nSPS) is 29.4. The molecule has 1 aliphatic carbocycles. The highest BCUT2D eigenvalue weighted by Gasteiger charge is 2.62. The van der Waals surface area contributed by atoms with Gasteiger partial charge in [-0.2, -0.15) is 0 Å². The van der Waals surface area contributed by atoms with Gasteiger partial charge >= 0.3 is 5.97 Å². The number of aliphatic carboxylic acids is 1. The minimum absolute atomic E-state index is 0.0305. The quantitative estimate of drug-likeness (QED) is 0.817. The summed E-state index contributed by atoms with van der Waals surface area (Å²) in [6, 6.07) is 3.96. The molecule has 3 fully saturated rings. The van der Waals surface area contributed by atoms with Crippen molar-refractivity contribution in [3.8, 4) is 0 Å². The predicted octanol–water partition coefficient (Wildman–Crippen LogP) is 1.99. The van der Waals surface area contributed by atoms with E-state index in [1.165, 1.54) is 12.8 Å². The van der Waals surface area contributed by atoms with Crippen molar-refractivity contribution >= 4 is 11.9 Å². The Balaban J connectivity index is 1.46. The highest BCUT2D eigenvalue weighted by Crippen LogP contribution is 2.45. The van der Waals surface area contributed by atoms with E-state index in [-0.39, 0.29) is 5.91 Å². The Kier molecular flexibility index (Phi) is 4.10. The molecule has 136 valence electrons. The summed E-state index contributed by atoms with van der Waals surface area (Å²) in [5, 5.41) is 9.89. The Morgan fingerprint density at radius 3 is 2.72 bits per heavy atom. The number of hydrogen-bond donors (Lipinski definition) is 1. The number of carbonyl (C=O) groups is 2. The molecule has 0 unspecified atom stereocenters. The van der Waals surface area contributed by atoms with Gasteiger partial charge < -0.3 is 14.4 Å². The van der Waals surface area contributed by atoms with Crippen molar-refractivity contribution in [2.75, 3.05) is 26.2 Å². The minimum Gasteiger partial charge on any atom is -0.481 e. The van der Waals surface area contributed by atoms with Gasteiger partial charge in [0.2, 0.25) is 5.91 Å². The first-order valence-corrected chi connectivity index (χ1v) is 9.34. The molecule has 6 heteroatoms. The number of fused-ring (bicyclic) bond motifs is 1. The van der Waals surface area contributed by atoms with Gasteiger partial charge in [-0.15, -0.1) is 0 Å². The van der Waals surface area contributed by atoms with Crippen LogP contribution in [0, 0.1) is 17.3 Å². The first kappa shape index (κ1) is 16.6. The molecule has 2 atom stereocenters.